The molecule has 1 aromatic rings. The van der Waals surface area contributed by atoms with Gasteiger partial charge in [-0.1, -0.05) is 83.5 Å². The van der Waals surface area contributed by atoms with Crippen LogP contribution in [0.2, 0.25) is 0 Å². The van der Waals surface area contributed by atoms with Gasteiger partial charge in [0.15, 0.2) is 11.6 Å². The van der Waals surface area contributed by atoms with E-state index in [9.17, 15) is 87.9 Å². The van der Waals surface area contributed by atoms with Crippen LogP contribution in [-0.2, 0) is 78.2 Å². The first kappa shape index (κ1) is 79.0. The number of ether oxygens (including phenoxy) is 2. The fraction of sp³-hybridized carbons (Fsp3) is 0.738. The summed E-state index contributed by atoms with van der Waals surface area (Å²) < 4.78 is 10.6. The molecule has 1 heterocycles. The molecule has 0 bridgehead atoms. The van der Waals surface area contributed by atoms with Gasteiger partial charge in [-0.15, -0.1) is 0 Å². The van der Waals surface area contributed by atoms with Crippen molar-refractivity contribution < 1.29 is 102 Å². The first-order valence-electron chi connectivity index (χ1n) is 31.2. The summed E-state index contributed by atoms with van der Waals surface area (Å²) in [4.78, 5) is 165. The van der Waals surface area contributed by atoms with E-state index in [1.165, 1.54) is 32.0 Å². The SMILES string of the molecule is O=C(O)CCCCCCCCCCCCCCCCC(=O)N[C@@H](CCC(=O)C[C@@H](CCC(=O)NCCOCCOCC(=O)C[C@@H](CCC(=O)N[C@@H](CCC(=O)NCCCC[C@H](CCC(=O)CCc1cnc[nH]1)C(=O)CO)C(=O)O)C(=O)O)C(=O)O)C(=O)O. The number of carbonyl (C=O) groups excluding carboxylic acids is 8. The number of amides is 4. The Bertz CT molecular complexity index is 2280. The molecule has 0 saturated heterocycles. The Balaban J connectivity index is 2.24. The summed E-state index contributed by atoms with van der Waals surface area (Å²) in [6.07, 6.45) is 17.3. The molecule has 0 unspecified atom stereocenters. The van der Waals surface area contributed by atoms with E-state index in [2.05, 4.69) is 31.2 Å². The van der Waals surface area contributed by atoms with E-state index < -0.39 is 127 Å². The zero-order chi connectivity index (χ0) is 65.3. The van der Waals surface area contributed by atoms with Crippen molar-refractivity contribution in [2.75, 3.05) is 46.1 Å². The number of aliphatic carboxylic acids is 5. The predicted octanol–water partition coefficient (Wildman–Crippen LogP) is 5.21. The number of nitrogens with one attached hydrogen (secondary N) is 5. The second-order valence-corrected chi connectivity index (χ2v) is 22.3. The molecule has 27 nitrogen and oxygen atoms in total. The van der Waals surface area contributed by atoms with Crippen molar-refractivity contribution in [1.29, 1.82) is 0 Å². The summed E-state index contributed by atoms with van der Waals surface area (Å²) in [6, 6.07) is -2.79. The van der Waals surface area contributed by atoms with Crippen LogP contribution < -0.4 is 21.3 Å². The number of imidazole rings is 1. The third-order valence-corrected chi connectivity index (χ3v) is 14.9. The molecular formula is C61H98N6O21. The second-order valence-electron chi connectivity index (χ2n) is 22.3. The van der Waals surface area contributed by atoms with Crippen LogP contribution in [0.3, 0.4) is 0 Å². The Morgan fingerprint density at radius 2 is 0.898 bits per heavy atom. The number of nitrogens with zero attached hydrogens (tertiary/aromatic N) is 1. The maximum Gasteiger partial charge on any atom is 0.326 e. The maximum atomic E-state index is 12.7. The molecule has 1 aromatic heterocycles. The van der Waals surface area contributed by atoms with E-state index in [4.69, 9.17) is 14.6 Å². The molecule has 0 aliphatic heterocycles. The molecule has 1 rings (SSSR count). The van der Waals surface area contributed by atoms with Crippen LogP contribution in [0, 0.1) is 17.8 Å². The first-order chi connectivity index (χ1) is 42.1. The van der Waals surface area contributed by atoms with Gasteiger partial charge in [-0.3, -0.25) is 52.7 Å². The minimum absolute atomic E-state index is 0.00878. The summed E-state index contributed by atoms with van der Waals surface area (Å²) in [5.74, 6) is -12.9. The van der Waals surface area contributed by atoms with Crippen LogP contribution in [0.4, 0.5) is 0 Å². The molecule has 0 radical (unpaired) electrons. The number of carboxylic acids is 5. The number of aryl methyl sites for hydroxylation is 1. The molecule has 0 fully saturated rings. The first-order valence-corrected chi connectivity index (χ1v) is 31.2. The van der Waals surface area contributed by atoms with Crippen molar-refractivity contribution in [1.82, 2.24) is 31.2 Å². The van der Waals surface area contributed by atoms with Crippen molar-refractivity contribution >= 4 is 76.6 Å². The monoisotopic (exact) mass is 1250 g/mol. The Kier molecular flexibility index (Phi) is 44.8. The third-order valence-electron chi connectivity index (χ3n) is 14.9. The van der Waals surface area contributed by atoms with Crippen molar-refractivity contribution in [2.45, 2.75) is 224 Å². The number of aliphatic hydroxyl groups excluding tert-OH is 1. The highest BCUT2D eigenvalue weighted by atomic mass is 16.5. The van der Waals surface area contributed by atoms with Gasteiger partial charge in [0.1, 0.15) is 36.9 Å². The van der Waals surface area contributed by atoms with Crippen LogP contribution in [0.15, 0.2) is 12.5 Å². The standard InChI is InChI=1S/C61H98N6O21/c68-40-52(72)43(20-24-47(69)25-23-46-39-62-42-65-46)17-15-16-32-63-54(74)31-28-51(61(85)86)67-56(76)30-22-45(59(81)82)38-49(71)41-88-36-35-87-34-33-64-53(73)29-21-44(58(79)80)37-48(70)26-27-50(60(83)84)66-55(75)18-13-11-9-7-5-3-1-2-4-6-8-10-12-14-19-57(77)78/h39,42-45,50-51,68H,1-38,40-41H2,(H,62,65)(H,63,74)(H,64,73)(H,66,75)(H,67,76)(H,77,78)(H,79,80)(H,81,82)(H,83,84)(H,85,86)/t43-,44-,45-,50+,51+/m1/s1. The average molecular weight is 1250 g/mol. The van der Waals surface area contributed by atoms with Crippen LogP contribution >= 0.6 is 0 Å². The number of ketones is 4. The molecule has 11 N–H and O–H groups in total. The Hall–Kier alpha value is -7.00. The molecule has 27 heteroatoms. The highest BCUT2D eigenvalue weighted by Crippen LogP contribution is 2.20. The summed E-state index contributed by atoms with van der Waals surface area (Å²) in [5.41, 5.74) is 0.822. The van der Waals surface area contributed by atoms with Gasteiger partial charge >= 0.3 is 29.8 Å². The van der Waals surface area contributed by atoms with Crippen LogP contribution in [0.25, 0.3) is 0 Å². The van der Waals surface area contributed by atoms with E-state index in [-0.39, 0.29) is 115 Å². The lowest BCUT2D eigenvalue weighted by Crippen LogP contribution is -2.42. The Morgan fingerprint density at radius 3 is 1.42 bits per heavy atom. The lowest BCUT2D eigenvalue weighted by molar-refractivity contribution is -0.145. The molecule has 88 heavy (non-hydrogen) atoms. The molecule has 0 aromatic carbocycles. The van der Waals surface area contributed by atoms with Crippen molar-refractivity contribution in [2.24, 2.45) is 17.8 Å². The van der Waals surface area contributed by atoms with E-state index in [0.29, 0.717) is 38.5 Å². The van der Waals surface area contributed by atoms with E-state index in [0.717, 1.165) is 63.5 Å². The molecule has 0 aliphatic rings. The van der Waals surface area contributed by atoms with E-state index in [1.807, 2.05) is 0 Å². The van der Waals surface area contributed by atoms with Gasteiger partial charge in [-0.2, -0.15) is 0 Å². The topological polar surface area (TPSA) is 439 Å². The molecule has 0 spiro atoms. The molecule has 498 valence electrons. The number of carboxylic acid groups (broad SMARTS) is 5. The Labute approximate surface area is 514 Å². The number of hydrogen-bond acceptors (Lipinski definition) is 17. The molecule has 5 atom stereocenters. The maximum absolute atomic E-state index is 12.7. The number of H-pyrrole nitrogens is 1. The number of unbranched alkanes of at least 4 members (excludes halogenated alkanes) is 14. The number of aliphatic hydroxyl groups is 1. The van der Waals surface area contributed by atoms with Crippen molar-refractivity contribution in [3.05, 3.63) is 18.2 Å². The molecule has 0 saturated carbocycles. The molecular weight excluding hydrogens is 1150 g/mol. The second kappa shape index (κ2) is 49.9. The molecule has 0 aliphatic carbocycles. The van der Waals surface area contributed by atoms with Gasteiger partial charge in [0, 0.05) is 95.1 Å². The van der Waals surface area contributed by atoms with Gasteiger partial charge in [0.25, 0.3) is 0 Å². The van der Waals surface area contributed by atoms with Gasteiger partial charge in [0.2, 0.25) is 23.6 Å². The van der Waals surface area contributed by atoms with Gasteiger partial charge in [-0.05, 0) is 64.2 Å². The highest BCUT2D eigenvalue weighted by molar-refractivity contribution is 5.88. The van der Waals surface area contributed by atoms with Crippen molar-refractivity contribution in [3.63, 3.8) is 0 Å². The van der Waals surface area contributed by atoms with Crippen LogP contribution in [0.1, 0.15) is 211 Å². The number of carbonyl (C=O) groups is 13. The van der Waals surface area contributed by atoms with Gasteiger partial charge < -0.3 is 66.4 Å². The van der Waals surface area contributed by atoms with E-state index in [1.54, 1.807) is 6.20 Å². The number of hydrogen-bond donors (Lipinski definition) is 11. The molecule has 4 amide bonds. The van der Waals surface area contributed by atoms with E-state index >= 15 is 0 Å². The van der Waals surface area contributed by atoms with Gasteiger partial charge in [0.05, 0.1) is 38.0 Å². The number of rotatable bonds is 60. The number of aromatic amines is 1. The third kappa shape index (κ3) is 42.8. The largest absolute Gasteiger partial charge is 0.481 e. The lowest BCUT2D eigenvalue weighted by atomic mass is 9.91. The highest BCUT2D eigenvalue weighted by Gasteiger charge is 2.28. The normalized spacial score (nSPS) is 12.8. The number of aromatic nitrogens is 2. The zero-order valence-electron chi connectivity index (χ0n) is 51.1. The van der Waals surface area contributed by atoms with Crippen LogP contribution in [-0.4, -0.2) is 175 Å². The minimum Gasteiger partial charge on any atom is -0.481 e. The quantitative estimate of drug-likeness (QED) is 0.0373. The summed E-state index contributed by atoms with van der Waals surface area (Å²) in [6.45, 7) is -0.983. The fourth-order valence-electron chi connectivity index (χ4n) is 9.60. The average Bonchev–Trinajstić information content (AvgIpc) is 4.11. The van der Waals surface area contributed by atoms with Crippen molar-refractivity contribution in [3.8, 4) is 0 Å². The lowest BCUT2D eigenvalue weighted by Gasteiger charge is -2.16. The predicted molar refractivity (Wildman–Crippen MR) is 317 cm³/mol. The smallest absolute Gasteiger partial charge is 0.326 e. The summed E-state index contributed by atoms with van der Waals surface area (Å²) in [5, 5.41) is 66.7. The zero-order valence-corrected chi connectivity index (χ0v) is 51.1. The fourth-order valence-corrected chi connectivity index (χ4v) is 9.60. The van der Waals surface area contributed by atoms with Crippen LogP contribution in [0.5, 0.6) is 0 Å². The minimum atomic E-state index is -1.46. The summed E-state index contributed by atoms with van der Waals surface area (Å²) in [7, 11) is 0. The Morgan fingerprint density at radius 1 is 0.432 bits per heavy atom. The van der Waals surface area contributed by atoms with Gasteiger partial charge in [-0.25, -0.2) is 14.6 Å². The summed E-state index contributed by atoms with van der Waals surface area (Å²) >= 11 is 0. The number of Topliss-reactive ketones (excluding diaryl/α,β-unsaturated/α-hetero) is 4.